The van der Waals surface area contributed by atoms with Crippen LogP contribution in [0.1, 0.15) is 22.3 Å². The number of piperazine rings is 1. The fourth-order valence-corrected chi connectivity index (χ4v) is 3.29. The quantitative estimate of drug-likeness (QED) is 0.833. The first kappa shape index (κ1) is 13.0. The molecule has 19 heavy (non-hydrogen) atoms. The summed E-state index contributed by atoms with van der Waals surface area (Å²) in [5.74, 6) is 0.109. The third-order valence-corrected chi connectivity index (χ3v) is 4.72. The molecule has 1 amide bonds. The summed E-state index contributed by atoms with van der Waals surface area (Å²) in [6.07, 6.45) is 0.769. The van der Waals surface area contributed by atoms with Gasteiger partial charge in [-0.3, -0.25) is 9.69 Å². The third kappa shape index (κ3) is 2.50. The Bertz CT molecular complexity index is 451. The van der Waals surface area contributed by atoms with Crippen LogP contribution in [-0.2, 0) is 6.42 Å². The van der Waals surface area contributed by atoms with E-state index in [-0.39, 0.29) is 5.91 Å². The zero-order valence-electron chi connectivity index (χ0n) is 11.1. The van der Waals surface area contributed by atoms with E-state index in [1.807, 2.05) is 11.8 Å². The molecule has 2 aliphatic rings. The van der Waals surface area contributed by atoms with Crippen molar-refractivity contribution in [3.8, 4) is 0 Å². The molecule has 3 heterocycles. The molecule has 0 atom stereocenters. The number of hydrogen-bond acceptors (Lipinski definition) is 6. The van der Waals surface area contributed by atoms with Crippen molar-refractivity contribution in [2.45, 2.75) is 19.4 Å². The molecule has 0 saturated carbocycles. The highest BCUT2D eigenvalue weighted by atomic mass is 32.1. The zero-order chi connectivity index (χ0) is 13.2. The monoisotopic (exact) mass is 281 g/mol. The number of nitrogens with zero attached hydrogens (tertiary/aromatic N) is 4. The first-order chi connectivity index (χ1) is 9.29. The lowest BCUT2D eigenvalue weighted by molar-refractivity contribution is 0.0505. The van der Waals surface area contributed by atoms with E-state index in [1.165, 1.54) is 11.5 Å². The van der Waals surface area contributed by atoms with Crippen LogP contribution < -0.4 is 5.32 Å². The molecule has 2 saturated heterocycles. The highest BCUT2D eigenvalue weighted by Crippen LogP contribution is 2.17. The lowest BCUT2D eigenvalue weighted by Gasteiger charge is -2.43. The van der Waals surface area contributed by atoms with Crippen LogP contribution in [-0.4, -0.2) is 70.6 Å². The fourth-order valence-electron chi connectivity index (χ4n) is 2.57. The maximum atomic E-state index is 12.4. The molecule has 3 rings (SSSR count). The molecule has 2 aliphatic heterocycles. The van der Waals surface area contributed by atoms with Crippen LogP contribution in [0.4, 0.5) is 0 Å². The second kappa shape index (κ2) is 5.52. The van der Waals surface area contributed by atoms with Gasteiger partial charge in [0.1, 0.15) is 4.88 Å². The summed E-state index contributed by atoms with van der Waals surface area (Å²) in [6, 6.07) is 0.675. The van der Waals surface area contributed by atoms with Gasteiger partial charge in [-0.15, -0.1) is 5.10 Å². The summed E-state index contributed by atoms with van der Waals surface area (Å²) < 4.78 is 3.90. The topological polar surface area (TPSA) is 61.4 Å². The van der Waals surface area contributed by atoms with Gasteiger partial charge in [0.25, 0.3) is 5.91 Å². The minimum atomic E-state index is 0.109. The Morgan fingerprint density at radius 3 is 2.68 bits per heavy atom. The highest BCUT2D eigenvalue weighted by Gasteiger charge is 2.30. The summed E-state index contributed by atoms with van der Waals surface area (Å²) in [5.41, 5.74) is 0.834. The molecular formula is C12H19N5OS. The molecule has 0 aliphatic carbocycles. The van der Waals surface area contributed by atoms with Crippen LogP contribution in [0.15, 0.2) is 0 Å². The molecule has 104 valence electrons. The van der Waals surface area contributed by atoms with E-state index in [0.29, 0.717) is 6.04 Å². The van der Waals surface area contributed by atoms with Gasteiger partial charge in [-0.25, -0.2) is 0 Å². The van der Waals surface area contributed by atoms with Gasteiger partial charge in [0.15, 0.2) is 0 Å². The van der Waals surface area contributed by atoms with E-state index in [9.17, 15) is 4.79 Å². The molecule has 1 N–H and O–H groups in total. The van der Waals surface area contributed by atoms with Crippen molar-refractivity contribution >= 4 is 17.4 Å². The Morgan fingerprint density at radius 1 is 1.37 bits per heavy atom. The molecule has 0 spiro atoms. The lowest BCUT2D eigenvalue weighted by atomic mass is 10.1. The van der Waals surface area contributed by atoms with E-state index < -0.39 is 0 Å². The fraction of sp³-hybridized carbons (Fsp3) is 0.750. The molecule has 0 aromatic carbocycles. The maximum absolute atomic E-state index is 12.4. The molecule has 1 aromatic heterocycles. The van der Waals surface area contributed by atoms with Crippen LogP contribution in [0.2, 0.25) is 0 Å². The standard InChI is InChI=1S/C12H19N5OS/c1-2-10-11(19-15-14-10)12(18)17-5-3-16(4-6-17)9-7-13-8-9/h9,13H,2-8H2,1H3. The van der Waals surface area contributed by atoms with Gasteiger partial charge in [0, 0.05) is 45.3 Å². The van der Waals surface area contributed by atoms with Crippen LogP contribution in [0, 0.1) is 0 Å². The molecular weight excluding hydrogens is 262 g/mol. The summed E-state index contributed by atoms with van der Waals surface area (Å²) >= 11 is 1.22. The number of hydrogen-bond donors (Lipinski definition) is 1. The summed E-state index contributed by atoms with van der Waals surface area (Å²) in [6.45, 7) is 7.78. The average Bonchev–Trinajstić information content (AvgIpc) is 2.85. The van der Waals surface area contributed by atoms with Crippen molar-refractivity contribution < 1.29 is 4.79 Å². The lowest BCUT2D eigenvalue weighted by Crippen LogP contribution is -2.62. The molecule has 6 nitrogen and oxygen atoms in total. The largest absolute Gasteiger partial charge is 0.335 e. The number of nitrogens with one attached hydrogen (secondary N) is 1. The van der Waals surface area contributed by atoms with Crippen LogP contribution in [0.25, 0.3) is 0 Å². The van der Waals surface area contributed by atoms with Crippen LogP contribution in [0.3, 0.4) is 0 Å². The number of rotatable bonds is 3. The van der Waals surface area contributed by atoms with Gasteiger partial charge in [-0.05, 0) is 18.0 Å². The molecule has 0 unspecified atom stereocenters. The van der Waals surface area contributed by atoms with Gasteiger partial charge in [0.05, 0.1) is 5.69 Å². The number of aromatic nitrogens is 2. The van der Waals surface area contributed by atoms with Crippen molar-refractivity contribution in [3.05, 3.63) is 10.6 Å². The Kier molecular flexibility index (Phi) is 3.76. The summed E-state index contributed by atoms with van der Waals surface area (Å²) in [5, 5.41) is 7.31. The van der Waals surface area contributed by atoms with E-state index in [1.54, 1.807) is 0 Å². The van der Waals surface area contributed by atoms with Gasteiger partial charge < -0.3 is 10.2 Å². The Morgan fingerprint density at radius 2 is 2.11 bits per heavy atom. The normalized spacial score (nSPS) is 21.4. The van der Waals surface area contributed by atoms with E-state index in [4.69, 9.17) is 0 Å². The maximum Gasteiger partial charge on any atom is 0.267 e. The third-order valence-electron chi connectivity index (χ3n) is 3.96. The number of carbonyl (C=O) groups is 1. The molecule has 1 aromatic rings. The van der Waals surface area contributed by atoms with E-state index in [0.717, 1.165) is 56.3 Å². The van der Waals surface area contributed by atoms with Gasteiger partial charge in [0.2, 0.25) is 0 Å². The average molecular weight is 281 g/mol. The van der Waals surface area contributed by atoms with Crippen molar-refractivity contribution in [2.24, 2.45) is 0 Å². The number of carbonyl (C=O) groups excluding carboxylic acids is 1. The van der Waals surface area contributed by atoms with Crippen molar-refractivity contribution in [1.29, 1.82) is 0 Å². The number of aryl methyl sites for hydroxylation is 1. The smallest absolute Gasteiger partial charge is 0.267 e. The van der Waals surface area contributed by atoms with Gasteiger partial charge >= 0.3 is 0 Å². The first-order valence-corrected chi connectivity index (χ1v) is 7.62. The minimum Gasteiger partial charge on any atom is -0.335 e. The SMILES string of the molecule is CCc1nnsc1C(=O)N1CCN(C2CNC2)CC1. The summed E-state index contributed by atoms with van der Waals surface area (Å²) in [4.78, 5) is 17.6. The van der Waals surface area contributed by atoms with Crippen molar-refractivity contribution in [2.75, 3.05) is 39.3 Å². The second-order valence-electron chi connectivity index (χ2n) is 5.04. The number of amides is 1. The molecule has 2 fully saturated rings. The van der Waals surface area contributed by atoms with Gasteiger partial charge in [-0.1, -0.05) is 11.4 Å². The minimum absolute atomic E-state index is 0.109. The van der Waals surface area contributed by atoms with Crippen LogP contribution >= 0.6 is 11.5 Å². The van der Waals surface area contributed by atoms with Crippen molar-refractivity contribution in [3.63, 3.8) is 0 Å². The van der Waals surface area contributed by atoms with E-state index in [2.05, 4.69) is 19.8 Å². The van der Waals surface area contributed by atoms with Gasteiger partial charge in [-0.2, -0.15) is 0 Å². The molecule has 0 radical (unpaired) electrons. The van der Waals surface area contributed by atoms with Crippen molar-refractivity contribution in [1.82, 2.24) is 24.7 Å². The Hall–Kier alpha value is -1.05. The first-order valence-electron chi connectivity index (χ1n) is 6.85. The predicted molar refractivity (Wildman–Crippen MR) is 73.4 cm³/mol. The second-order valence-corrected chi connectivity index (χ2v) is 5.80. The molecule has 7 heteroatoms. The molecule has 0 bridgehead atoms. The predicted octanol–water partition coefficient (Wildman–Crippen LogP) is -0.170. The van der Waals surface area contributed by atoms with E-state index >= 15 is 0 Å². The van der Waals surface area contributed by atoms with Crippen LogP contribution in [0.5, 0.6) is 0 Å². The Labute approximate surface area is 116 Å². The highest BCUT2D eigenvalue weighted by molar-refractivity contribution is 7.08. The Balaban J connectivity index is 1.60. The zero-order valence-corrected chi connectivity index (χ0v) is 11.9. The summed E-state index contributed by atoms with van der Waals surface area (Å²) in [7, 11) is 0.